The Hall–Kier alpha value is -1.75. The van der Waals surface area contributed by atoms with Crippen LogP contribution in [0.3, 0.4) is 0 Å². The van der Waals surface area contributed by atoms with Gasteiger partial charge in [-0.05, 0) is 6.42 Å². The van der Waals surface area contributed by atoms with Gasteiger partial charge in [0.1, 0.15) is 6.04 Å². The smallest absolute Gasteiger partial charge is 0.112 e. The van der Waals surface area contributed by atoms with Gasteiger partial charge in [0.25, 0.3) is 0 Å². The fourth-order valence-corrected chi connectivity index (χ4v) is 1.42. The van der Waals surface area contributed by atoms with Gasteiger partial charge < -0.3 is 16.3 Å². The minimum Gasteiger partial charge on any atom is -0.404 e. The van der Waals surface area contributed by atoms with Gasteiger partial charge in [-0.25, -0.2) is 11.0 Å². The largest absolute Gasteiger partial charge is 0.404 e. The Morgan fingerprint density at radius 1 is 1.67 bits per heavy atom. The van der Waals surface area contributed by atoms with Crippen molar-refractivity contribution < 1.29 is 4.84 Å². The molecule has 2 atom stereocenters. The molecule has 0 aromatic heterocycles. The predicted octanol–water partition coefficient (Wildman–Crippen LogP) is 0.00607. The zero-order valence-corrected chi connectivity index (χ0v) is 10.5. The molecule has 18 heavy (non-hydrogen) atoms. The Morgan fingerprint density at radius 2 is 2.39 bits per heavy atom. The molecule has 0 amide bonds. The Labute approximate surface area is 107 Å². The first kappa shape index (κ1) is 16.2. The molecule has 0 radical (unpaired) electrons. The summed E-state index contributed by atoms with van der Waals surface area (Å²) in [7, 11) is 1.52. The average Bonchev–Trinajstić information content (AvgIpc) is 2.41. The molecule has 0 aliphatic rings. The summed E-state index contributed by atoms with van der Waals surface area (Å²) >= 11 is 0. The van der Waals surface area contributed by atoms with Crippen LogP contribution in [0.2, 0.25) is 0 Å². The SMILES string of the molecule is C#CC(CCNOC)[C@H](N=N)C(/C=N\CN)=C/N. The summed E-state index contributed by atoms with van der Waals surface area (Å²) < 4.78 is 0. The van der Waals surface area contributed by atoms with Crippen LogP contribution in [0.1, 0.15) is 6.42 Å². The van der Waals surface area contributed by atoms with Crippen molar-refractivity contribution in [3.05, 3.63) is 11.8 Å². The minimum atomic E-state index is -0.519. The summed E-state index contributed by atoms with van der Waals surface area (Å²) in [5.74, 6) is 2.34. The van der Waals surface area contributed by atoms with E-state index in [0.29, 0.717) is 18.5 Å². The van der Waals surface area contributed by atoms with E-state index in [1.807, 2.05) is 0 Å². The molecule has 0 heterocycles. The van der Waals surface area contributed by atoms with Crippen LogP contribution in [-0.2, 0) is 4.84 Å². The second kappa shape index (κ2) is 10.4. The highest BCUT2D eigenvalue weighted by molar-refractivity contribution is 5.80. The van der Waals surface area contributed by atoms with E-state index >= 15 is 0 Å². The molecule has 7 nitrogen and oxygen atoms in total. The molecule has 0 rings (SSSR count). The number of hydrogen-bond donors (Lipinski definition) is 4. The molecular formula is C11H20N6O. The molecule has 0 aromatic carbocycles. The van der Waals surface area contributed by atoms with E-state index in [9.17, 15) is 0 Å². The van der Waals surface area contributed by atoms with Crippen molar-refractivity contribution in [2.75, 3.05) is 20.3 Å². The number of rotatable bonds is 9. The van der Waals surface area contributed by atoms with Gasteiger partial charge in [0.2, 0.25) is 0 Å². The Balaban J connectivity index is 4.74. The van der Waals surface area contributed by atoms with Crippen LogP contribution in [0.4, 0.5) is 0 Å². The molecule has 100 valence electrons. The van der Waals surface area contributed by atoms with Crippen LogP contribution in [0, 0.1) is 23.8 Å². The van der Waals surface area contributed by atoms with Gasteiger partial charge in [-0.3, -0.25) is 4.99 Å². The van der Waals surface area contributed by atoms with Crippen LogP contribution in [0.15, 0.2) is 21.9 Å². The van der Waals surface area contributed by atoms with Crippen molar-refractivity contribution in [1.82, 2.24) is 5.48 Å². The molecule has 0 bridgehead atoms. The Bertz CT molecular complexity index is 333. The first-order valence-electron chi connectivity index (χ1n) is 5.45. The quantitative estimate of drug-likeness (QED) is 0.152. The van der Waals surface area contributed by atoms with Crippen LogP contribution in [0.25, 0.3) is 0 Å². The molecule has 6 N–H and O–H groups in total. The van der Waals surface area contributed by atoms with Crippen LogP contribution >= 0.6 is 0 Å². The maximum Gasteiger partial charge on any atom is 0.112 e. The maximum atomic E-state index is 7.23. The van der Waals surface area contributed by atoms with Gasteiger partial charge in [-0.15, -0.1) is 12.3 Å². The van der Waals surface area contributed by atoms with E-state index < -0.39 is 6.04 Å². The van der Waals surface area contributed by atoms with Crippen molar-refractivity contribution in [1.29, 1.82) is 5.53 Å². The highest BCUT2D eigenvalue weighted by Crippen LogP contribution is 2.17. The van der Waals surface area contributed by atoms with Crippen LogP contribution in [0.5, 0.6) is 0 Å². The Kier molecular flexibility index (Phi) is 9.40. The number of hydrogen-bond acceptors (Lipinski definition) is 7. The predicted molar refractivity (Wildman–Crippen MR) is 70.7 cm³/mol. The standard InChI is InChI=1S/C11H20N6O/c1-3-9(4-5-16-18-2)11(17-14)10(6-12)7-15-8-13/h1,6-7,9,11,14,16H,4-5,8,12-13H2,2H3/b10-6+,15-7-,17-14?/t9?,11-/m0/s1. The lowest BCUT2D eigenvalue weighted by atomic mass is 9.92. The number of nitrogens with one attached hydrogen (secondary N) is 2. The fourth-order valence-electron chi connectivity index (χ4n) is 1.42. The van der Waals surface area contributed by atoms with Crippen molar-refractivity contribution >= 4 is 6.21 Å². The highest BCUT2D eigenvalue weighted by atomic mass is 16.6. The maximum absolute atomic E-state index is 7.23. The molecule has 0 saturated carbocycles. The van der Waals surface area contributed by atoms with Crippen molar-refractivity contribution in [2.45, 2.75) is 12.5 Å². The van der Waals surface area contributed by atoms with E-state index in [-0.39, 0.29) is 12.6 Å². The first-order chi connectivity index (χ1) is 8.74. The molecule has 0 spiro atoms. The van der Waals surface area contributed by atoms with Crippen molar-refractivity contribution in [2.24, 2.45) is 27.5 Å². The molecule has 0 aliphatic carbocycles. The molecular weight excluding hydrogens is 232 g/mol. The fraction of sp³-hybridized carbons (Fsp3) is 0.545. The van der Waals surface area contributed by atoms with Gasteiger partial charge >= 0.3 is 0 Å². The highest BCUT2D eigenvalue weighted by Gasteiger charge is 2.21. The number of nitrogens with two attached hydrogens (primary N) is 2. The second-order valence-electron chi connectivity index (χ2n) is 3.40. The Morgan fingerprint density at radius 3 is 2.83 bits per heavy atom. The monoisotopic (exact) mass is 252 g/mol. The average molecular weight is 252 g/mol. The third-order valence-corrected chi connectivity index (χ3v) is 2.32. The zero-order chi connectivity index (χ0) is 13.8. The van der Waals surface area contributed by atoms with E-state index in [1.54, 1.807) is 0 Å². The lowest BCUT2D eigenvalue weighted by Crippen LogP contribution is -2.25. The van der Waals surface area contributed by atoms with E-state index in [1.165, 1.54) is 19.5 Å². The summed E-state index contributed by atoms with van der Waals surface area (Å²) in [5, 5.41) is 3.52. The third-order valence-electron chi connectivity index (χ3n) is 2.32. The van der Waals surface area contributed by atoms with E-state index in [4.69, 9.17) is 28.3 Å². The van der Waals surface area contributed by atoms with Crippen molar-refractivity contribution in [3.63, 3.8) is 0 Å². The van der Waals surface area contributed by atoms with Crippen molar-refractivity contribution in [3.8, 4) is 12.3 Å². The van der Waals surface area contributed by atoms with Crippen LogP contribution in [-0.4, -0.2) is 32.6 Å². The zero-order valence-electron chi connectivity index (χ0n) is 10.5. The summed E-state index contributed by atoms with van der Waals surface area (Å²) in [6.07, 6.45) is 8.90. The van der Waals surface area contributed by atoms with Gasteiger partial charge in [0.15, 0.2) is 0 Å². The molecule has 7 heteroatoms. The molecule has 0 saturated heterocycles. The normalized spacial score (nSPS) is 15.3. The molecule has 0 aromatic rings. The van der Waals surface area contributed by atoms with E-state index in [2.05, 4.69) is 21.5 Å². The van der Waals surface area contributed by atoms with Gasteiger partial charge in [0, 0.05) is 30.5 Å². The third kappa shape index (κ3) is 5.54. The summed E-state index contributed by atoms with van der Waals surface area (Å²) in [6.45, 7) is 0.706. The van der Waals surface area contributed by atoms with E-state index in [0.717, 1.165) is 0 Å². The minimum absolute atomic E-state index is 0.147. The van der Waals surface area contributed by atoms with Gasteiger partial charge in [0.05, 0.1) is 13.8 Å². The summed E-state index contributed by atoms with van der Waals surface area (Å²) in [5.41, 5.74) is 21.3. The lowest BCUT2D eigenvalue weighted by Gasteiger charge is -2.18. The lowest BCUT2D eigenvalue weighted by molar-refractivity contribution is 0.0885. The number of hydroxylamine groups is 1. The summed E-state index contributed by atoms with van der Waals surface area (Å²) in [6, 6.07) is -0.519. The number of nitrogens with zero attached hydrogens (tertiary/aromatic N) is 2. The molecule has 0 aliphatic heterocycles. The number of terminal acetylenes is 1. The topological polar surface area (TPSA) is 122 Å². The second-order valence-corrected chi connectivity index (χ2v) is 3.40. The van der Waals surface area contributed by atoms with Gasteiger partial charge in [-0.2, -0.15) is 5.11 Å². The first-order valence-corrected chi connectivity index (χ1v) is 5.45. The number of aliphatic imine (C=N–C) groups is 1. The molecule has 1 unspecified atom stereocenters. The molecule has 0 fully saturated rings. The van der Waals surface area contributed by atoms with Crippen LogP contribution < -0.4 is 16.9 Å². The summed E-state index contributed by atoms with van der Waals surface area (Å²) in [4.78, 5) is 8.60. The van der Waals surface area contributed by atoms with Gasteiger partial charge in [-0.1, -0.05) is 0 Å².